The highest BCUT2D eigenvalue weighted by molar-refractivity contribution is 6.04. The summed E-state index contributed by atoms with van der Waals surface area (Å²) in [5.74, 6) is -0.272. The van der Waals surface area contributed by atoms with Crippen molar-refractivity contribution < 1.29 is 14.0 Å². The molecule has 0 bridgehead atoms. The SMILES string of the molecule is CC(NC(=O)CCCc1nc2ccccc2c(=O)[nH]1)c1ccc(NC(=O)c2ccc(F)cc2)cc1. The van der Waals surface area contributed by atoms with Gasteiger partial charge in [-0.1, -0.05) is 24.3 Å². The van der Waals surface area contributed by atoms with Gasteiger partial charge in [-0.15, -0.1) is 0 Å². The van der Waals surface area contributed by atoms with E-state index < -0.39 is 5.82 Å². The summed E-state index contributed by atoms with van der Waals surface area (Å²) in [6.07, 6.45) is 1.34. The molecule has 2 amide bonds. The molecule has 4 aromatic rings. The van der Waals surface area contributed by atoms with Crippen molar-refractivity contribution in [1.82, 2.24) is 15.3 Å². The van der Waals surface area contributed by atoms with Crippen LogP contribution in [0.15, 0.2) is 77.6 Å². The lowest BCUT2D eigenvalue weighted by Crippen LogP contribution is -2.26. The van der Waals surface area contributed by atoms with Gasteiger partial charge in [0, 0.05) is 24.1 Å². The number of benzene rings is 3. The smallest absolute Gasteiger partial charge is 0.258 e. The lowest BCUT2D eigenvalue weighted by atomic mass is 10.1. The molecule has 4 rings (SSSR count). The number of hydrogen-bond acceptors (Lipinski definition) is 4. The van der Waals surface area contributed by atoms with E-state index in [1.807, 2.05) is 25.1 Å². The van der Waals surface area contributed by atoms with Crippen LogP contribution in [0.2, 0.25) is 0 Å². The van der Waals surface area contributed by atoms with Gasteiger partial charge in [0.1, 0.15) is 11.6 Å². The first-order valence-corrected chi connectivity index (χ1v) is 11.3. The number of rotatable bonds is 8. The third-order valence-corrected chi connectivity index (χ3v) is 5.63. The number of nitrogens with one attached hydrogen (secondary N) is 3. The Balaban J connectivity index is 1.26. The molecule has 1 heterocycles. The summed E-state index contributed by atoms with van der Waals surface area (Å²) in [4.78, 5) is 44.1. The van der Waals surface area contributed by atoms with Crippen LogP contribution in [0.3, 0.4) is 0 Å². The van der Waals surface area contributed by atoms with Crippen LogP contribution in [-0.4, -0.2) is 21.8 Å². The summed E-state index contributed by atoms with van der Waals surface area (Å²) in [6, 6.07) is 19.4. The van der Waals surface area contributed by atoms with E-state index in [4.69, 9.17) is 0 Å². The van der Waals surface area contributed by atoms with E-state index in [0.29, 0.717) is 47.2 Å². The fourth-order valence-corrected chi connectivity index (χ4v) is 3.73. The zero-order valence-corrected chi connectivity index (χ0v) is 19.2. The Kier molecular flexibility index (Phi) is 7.30. The number of anilines is 1. The van der Waals surface area contributed by atoms with Gasteiger partial charge < -0.3 is 15.6 Å². The molecule has 0 aliphatic heterocycles. The Morgan fingerprint density at radius 2 is 1.71 bits per heavy atom. The number of halogens is 1. The first-order valence-electron chi connectivity index (χ1n) is 11.3. The molecule has 1 unspecified atom stereocenters. The van der Waals surface area contributed by atoms with Crippen molar-refractivity contribution in [3.63, 3.8) is 0 Å². The van der Waals surface area contributed by atoms with E-state index in [1.54, 1.807) is 30.3 Å². The molecule has 3 aromatic carbocycles. The van der Waals surface area contributed by atoms with E-state index in [1.165, 1.54) is 24.3 Å². The molecular formula is C27H25FN4O3. The number of aryl methyl sites for hydroxylation is 1. The number of aromatic nitrogens is 2. The maximum absolute atomic E-state index is 13.0. The molecule has 0 fully saturated rings. The van der Waals surface area contributed by atoms with E-state index in [0.717, 1.165) is 5.56 Å². The molecule has 1 aromatic heterocycles. The van der Waals surface area contributed by atoms with Crippen LogP contribution in [0, 0.1) is 5.82 Å². The fraction of sp³-hybridized carbons (Fsp3) is 0.185. The van der Waals surface area contributed by atoms with Crippen LogP contribution in [0.5, 0.6) is 0 Å². The van der Waals surface area contributed by atoms with E-state index in [9.17, 15) is 18.8 Å². The van der Waals surface area contributed by atoms with Crippen molar-refractivity contribution in [2.24, 2.45) is 0 Å². The van der Waals surface area contributed by atoms with E-state index in [2.05, 4.69) is 20.6 Å². The maximum atomic E-state index is 13.0. The highest BCUT2D eigenvalue weighted by Crippen LogP contribution is 2.17. The van der Waals surface area contributed by atoms with Gasteiger partial charge in [0.05, 0.1) is 16.9 Å². The van der Waals surface area contributed by atoms with Crippen molar-refractivity contribution in [1.29, 1.82) is 0 Å². The Morgan fingerprint density at radius 1 is 1.00 bits per heavy atom. The Morgan fingerprint density at radius 3 is 2.46 bits per heavy atom. The third kappa shape index (κ3) is 6.17. The normalized spacial score (nSPS) is 11.7. The standard InChI is InChI=1S/C27H25FN4O3/c1-17(18-11-15-21(16-12-18)30-26(34)19-9-13-20(28)14-10-19)29-25(33)8-4-7-24-31-23-6-3-2-5-22(23)27(35)32-24/h2-3,5-6,9-17H,4,7-8H2,1H3,(H,29,33)(H,30,34)(H,31,32,35). The zero-order chi connectivity index (χ0) is 24.8. The highest BCUT2D eigenvalue weighted by Gasteiger charge is 2.12. The lowest BCUT2D eigenvalue weighted by molar-refractivity contribution is -0.121. The second kappa shape index (κ2) is 10.7. The number of carbonyl (C=O) groups is 2. The van der Waals surface area contributed by atoms with Gasteiger partial charge in [-0.05, 0) is 67.4 Å². The quantitative estimate of drug-likeness (QED) is 0.351. The first kappa shape index (κ1) is 23.8. The van der Waals surface area contributed by atoms with Gasteiger partial charge in [0.25, 0.3) is 11.5 Å². The summed E-state index contributed by atoms with van der Waals surface area (Å²) in [6.45, 7) is 1.88. The molecule has 7 nitrogen and oxygen atoms in total. The molecule has 0 spiro atoms. The van der Waals surface area contributed by atoms with Crippen LogP contribution in [0.25, 0.3) is 10.9 Å². The van der Waals surface area contributed by atoms with Crippen LogP contribution in [0.4, 0.5) is 10.1 Å². The molecule has 0 aliphatic rings. The summed E-state index contributed by atoms with van der Waals surface area (Å²) >= 11 is 0. The first-order chi connectivity index (χ1) is 16.9. The molecule has 178 valence electrons. The van der Waals surface area contributed by atoms with E-state index >= 15 is 0 Å². The molecule has 0 aliphatic carbocycles. The number of para-hydroxylation sites is 1. The minimum Gasteiger partial charge on any atom is -0.350 e. The summed E-state index contributed by atoms with van der Waals surface area (Å²) < 4.78 is 13.0. The largest absolute Gasteiger partial charge is 0.350 e. The predicted octanol–water partition coefficient (Wildman–Crippen LogP) is 4.51. The molecule has 0 saturated heterocycles. The van der Waals surface area contributed by atoms with Crippen LogP contribution in [-0.2, 0) is 11.2 Å². The fourth-order valence-electron chi connectivity index (χ4n) is 3.73. The van der Waals surface area contributed by atoms with Crippen LogP contribution < -0.4 is 16.2 Å². The van der Waals surface area contributed by atoms with E-state index in [-0.39, 0.29) is 23.4 Å². The van der Waals surface area contributed by atoms with Gasteiger partial charge >= 0.3 is 0 Å². The average molecular weight is 473 g/mol. The molecule has 0 saturated carbocycles. The zero-order valence-electron chi connectivity index (χ0n) is 19.2. The Labute approximate surface area is 201 Å². The summed E-state index contributed by atoms with van der Waals surface area (Å²) in [7, 11) is 0. The highest BCUT2D eigenvalue weighted by atomic mass is 19.1. The average Bonchev–Trinajstić information content (AvgIpc) is 2.85. The third-order valence-electron chi connectivity index (χ3n) is 5.63. The second-order valence-electron chi connectivity index (χ2n) is 8.26. The monoisotopic (exact) mass is 472 g/mol. The number of fused-ring (bicyclic) bond motifs is 1. The minimum absolute atomic E-state index is 0.102. The number of carbonyl (C=O) groups excluding carboxylic acids is 2. The van der Waals surface area contributed by atoms with Gasteiger partial charge in [-0.2, -0.15) is 0 Å². The van der Waals surface area contributed by atoms with Crippen molar-refractivity contribution in [2.75, 3.05) is 5.32 Å². The topological polar surface area (TPSA) is 104 Å². The molecular weight excluding hydrogens is 447 g/mol. The number of amides is 2. The van der Waals surface area contributed by atoms with Crippen LogP contribution >= 0.6 is 0 Å². The van der Waals surface area contributed by atoms with Gasteiger partial charge in [-0.25, -0.2) is 9.37 Å². The van der Waals surface area contributed by atoms with Crippen molar-refractivity contribution in [3.8, 4) is 0 Å². The Hall–Kier alpha value is -4.33. The summed E-state index contributed by atoms with van der Waals surface area (Å²) in [5, 5.41) is 6.27. The summed E-state index contributed by atoms with van der Waals surface area (Å²) in [5.41, 5.74) is 2.30. The number of nitrogens with zero attached hydrogens (tertiary/aromatic N) is 1. The number of H-pyrrole nitrogens is 1. The molecule has 3 N–H and O–H groups in total. The number of hydrogen-bond donors (Lipinski definition) is 3. The van der Waals surface area contributed by atoms with Gasteiger partial charge in [-0.3, -0.25) is 14.4 Å². The second-order valence-corrected chi connectivity index (χ2v) is 8.26. The minimum atomic E-state index is -0.401. The molecule has 1 atom stereocenters. The predicted molar refractivity (Wildman–Crippen MR) is 133 cm³/mol. The van der Waals surface area contributed by atoms with Crippen LogP contribution in [0.1, 0.15) is 47.6 Å². The van der Waals surface area contributed by atoms with Gasteiger partial charge in [0.15, 0.2) is 0 Å². The van der Waals surface area contributed by atoms with Crippen molar-refractivity contribution in [2.45, 2.75) is 32.2 Å². The molecule has 0 radical (unpaired) electrons. The molecule has 35 heavy (non-hydrogen) atoms. The lowest BCUT2D eigenvalue weighted by Gasteiger charge is -2.15. The molecule has 8 heteroatoms. The number of aromatic amines is 1. The van der Waals surface area contributed by atoms with Gasteiger partial charge in [0.2, 0.25) is 5.91 Å². The maximum Gasteiger partial charge on any atom is 0.258 e. The van der Waals surface area contributed by atoms with Crippen molar-refractivity contribution in [3.05, 3.63) is 106 Å². The Bertz CT molecular complexity index is 1400. The van der Waals surface area contributed by atoms with Crippen molar-refractivity contribution >= 4 is 28.4 Å².